The van der Waals surface area contributed by atoms with Crippen LogP contribution in [0.4, 0.5) is 17.2 Å². The van der Waals surface area contributed by atoms with Gasteiger partial charge in [-0.15, -0.1) is 0 Å². The highest BCUT2D eigenvalue weighted by Crippen LogP contribution is 2.38. The van der Waals surface area contributed by atoms with Gasteiger partial charge in [-0.1, -0.05) is 24.3 Å². The van der Waals surface area contributed by atoms with Crippen LogP contribution >= 0.6 is 0 Å². The predicted molar refractivity (Wildman–Crippen MR) is 290 cm³/mol. The molecule has 0 saturated carbocycles. The summed E-state index contributed by atoms with van der Waals surface area (Å²) < 4.78 is 30.9. The summed E-state index contributed by atoms with van der Waals surface area (Å²) in [6, 6.07) is 10.9. The van der Waals surface area contributed by atoms with Gasteiger partial charge in [0, 0.05) is 101 Å². The highest BCUT2D eigenvalue weighted by molar-refractivity contribution is 6.13. The second-order valence-corrected chi connectivity index (χ2v) is 19.1. The third kappa shape index (κ3) is 15.8. The SMILES string of the molecule is C=C1C[C@H]2C=Nc3cc(OCCCC(=O)Nc4cn(C)c(C(=O)Nc5ccc(-c6cc(C(=O)NCC(C)OC(=O)C(C)NC(=O)CCOCCOCCNC(=O)CCN7C(=O)C=CC7=O)n(C)c6)cc5)n4)c(OC)cc3C(=O)N2C1. The summed E-state index contributed by atoms with van der Waals surface area (Å²) in [6.45, 7) is 8.64. The molecule has 25 heteroatoms. The van der Waals surface area contributed by atoms with Gasteiger partial charge in [0.2, 0.25) is 23.5 Å². The first-order valence-corrected chi connectivity index (χ1v) is 25.9. The molecule has 0 radical (unpaired) electrons. The fourth-order valence-corrected chi connectivity index (χ4v) is 8.59. The van der Waals surface area contributed by atoms with E-state index in [1.165, 1.54) is 24.8 Å². The summed E-state index contributed by atoms with van der Waals surface area (Å²) >= 11 is 0. The second kappa shape index (κ2) is 27.6. The average Bonchev–Trinajstić information content (AvgIpc) is 4.20. The van der Waals surface area contributed by atoms with E-state index < -0.39 is 47.7 Å². The van der Waals surface area contributed by atoms with Crippen LogP contribution in [-0.2, 0) is 57.1 Å². The zero-order chi connectivity index (χ0) is 57.5. The van der Waals surface area contributed by atoms with E-state index in [4.69, 9.17) is 23.7 Å². The predicted octanol–water partition coefficient (Wildman–Crippen LogP) is 2.99. The lowest BCUT2D eigenvalue weighted by atomic mass is 10.1. The van der Waals surface area contributed by atoms with E-state index in [0.29, 0.717) is 53.5 Å². The van der Waals surface area contributed by atoms with E-state index in [1.807, 2.05) is 0 Å². The molecule has 80 heavy (non-hydrogen) atoms. The van der Waals surface area contributed by atoms with Crippen molar-refractivity contribution in [2.45, 2.75) is 64.1 Å². The molecule has 4 aromatic rings. The maximum atomic E-state index is 13.3. The number of nitrogens with one attached hydrogen (secondary N) is 5. The van der Waals surface area contributed by atoms with Crippen LogP contribution in [0.3, 0.4) is 0 Å². The number of imide groups is 1. The molecule has 0 bridgehead atoms. The van der Waals surface area contributed by atoms with Crippen LogP contribution in [0, 0.1) is 0 Å². The van der Waals surface area contributed by atoms with Gasteiger partial charge in [-0.3, -0.25) is 48.2 Å². The number of ether oxygens (including phenoxy) is 5. The Kier molecular flexibility index (Phi) is 20.2. The lowest BCUT2D eigenvalue weighted by Gasteiger charge is -2.20. The molecule has 25 nitrogen and oxygen atoms in total. The molecule has 5 N–H and O–H groups in total. The van der Waals surface area contributed by atoms with Crippen LogP contribution in [0.5, 0.6) is 11.5 Å². The van der Waals surface area contributed by atoms with E-state index in [1.54, 1.807) is 85.4 Å². The van der Waals surface area contributed by atoms with Gasteiger partial charge < -0.3 is 64.3 Å². The van der Waals surface area contributed by atoms with Crippen molar-refractivity contribution in [1.29, 1.82) is 0 Å². The molecular formula is C55H65N11O14. The molecule has 3 aliphatic rings. The lowest BCUT2D eigenvalue weighted by Crippen LogP contribution is -2.42. The van der Waals surface area contributed by atoms with Gasteiger partial charge in [-0.05, 0) is 56.5 Å². The van der Waals surface area contributed by atoms with Gasteiger partial charge in [-0.25, -0.2) is 9.78 Å². The number of fused-ring (bicyclic) bond motifs is 2. The monoisotopic (exact) mass is 1100 g/mol. The second-order valence-electron chi connectivity index (χ2n) is 19.1. The first-order valence-electron chi connectivity index (χ1n) is 25.9. The molecule has 0 spiro atoms. The van der Waals surface area contributed by atoms with Crippen LogP contribution in [0.1, 0.15) is 77.4 Å². The number of hydrogen-bond donors (Lipinski definition) is 5. The van der Waals surface area contributed by atoms with Crippen LogP contribution in [-0.4, -0.2) is 168 Å². The maximum absolute atomic E-state index is 13.3. The Morgan fingerprint density at radius 2 is 1.51 bits per heavy atom. The number of benzene rings is 2. The van der Waals surface area contributed by atoms with Gasteiger partial charge in [0.15, 0.2) is 17.3 Å². The quantitative estimate of drug-likeness (QED) is 0.0236. The van der Waals surface area contributed by atoms with Crippen molar-refractivity contribution in [2.75, 3.05) is 77.0 Å². The highest BCUT2D eigenvalue weighted by Gasteiger charge is 2.34. The Bertz CT molecular complexity index is 3050. The number of amides is 8. The summed E-state index contributed by atoms with van der Waals surface area (Å²) in [5.41, 5.74) is 4.16. The van der Waals surface area contributed by atoms with E-state index in [-0.39, 0.29) is 107 Å². The minimum absolute atomic E-state index is 0.00398. The number of imidazole rings is 1. The largest absolute Gasteiger partial charge is 0.493 e. The Morgan fingerprint density at radius 1 is 0.775 bits per heavy atom. The molecule has 5 heterocycles. The van der Waals surface area contributed by atoms with E-state index in [9.17, 15) is 43.2 Å². The highest BCUT2D eigenvalue weighted by atomic mass is 16.5. The maximum Gasteiger partial charge on any atom is 0.328 e. The lowest BCUT2D eigenvalue weighted by molar-refractivity contribution is -0.151. The molecule has 2 aromatic carbocycles. The molecule has 2 aromatic heterocycles. The number of aliphatic imine (C=N–C) groups is 1. The smallest absolute Gasteiger partial charge is 0.328 e. The van der Waals surface area contributed by atoms with E-state index in [2.05, 4.69) is 43.1 Å². The average molecular weight is 1100 g/mol. The minimum atomic E-state index is -0.966. The Hall–Kier alpha value is -8.97. The zero-order valence-electron chi connectivity index (χ0n) is 45.2. The number of hydrogen-bond acceptors (Lipinski definition) is 16. The molecule has 424 valence electrons. The number of carbonyl (C=O) groups is 9. The number of anilines is 2. The molecule has 3 aliphatic heterocycles. The number of aryl methyl sites for hydroxylation is 2. The van der Waals surface area contributed by atoms with Gasteiger partial charge >= 0.3 is 5.97 Å². The number of carbonyl (C=O) groups excluding carboxylic acids is 9. The van der Waals surface area contributed by atoms with Crippen LogP contribution in [0.15, 0.2) is 84.2 Å². The Morgan fingerprint density at radius 3 is 2.25 bits per heavy atom. The number of nitrogens with zero attached hydrogens (tertiary/aromatic N) is 6. The van der Waals surface area contributed by atoms with Crippen molar-refractivity contribution in [2.24, 2.45) is 19.1 Å². The number of esters is 1. The number of methoxy groups -OCH3 is 1. The molecular weight excluding hydrogens is 1040 g/mol. The topological polar surface area (TPSA) is 302 Å². The molecule has 1 saturated heterocycles. The molecule has 2 unspecified atom stereocenters. The third-order valence-electron chi connectivity index (χ3n) is 12.8. The zero-order valence-corrected chi connectivity index (χ0v) is 45.2. The fourth-order valence-electron chi connectivity index (χ4n) is 8.59. The molecule has 0 aliphatic carbocycles. The van der Waals surface area contributed by atoms with Gasteiger partial charge in [0.25, 0.3) is 29.5 Å². The van der Waals surface area contributed by atoms with Crippen LogP contribution in [0.2, 0.25) is 0 Å². The molecule has 1 fully saturated rings. The van der Waals surface area contributed by atoms with Gasteiger partial charge in [0.05, 0.1) is 64.0 Å². The summed E-state index contributed by atoms with van der Waals surface area (Å²) in [7, 11) is 4.83. The van der Waals surface area contributed by atoms with Crippen molar-refractivity contribution in [3.05, 3.63) is 96.2 Å². The normalized spacial score (nSPS) is 15.2. The van der Waals surface area contributed by atoms with Crippen molar-refractivity contribution in [3.63, 3.8) is 0 Å². The summed E-state index contributed by atoms with van der Waals surface area (Å²) in [5.74, 6) is -2.74. The molecule has 3 atom stereocenters. The fraction of sp³-hybridized carbons (Fsp3) is 0.400. The van der Waals surface area contributed by atoms with E-state index in [0.717, 1.165) is 33.8 Å². The van der Waals surface area contributed by atoms with Crippen molar-refractivity contribution >= 4 is 76.6 Å². The third-order valence-corrected chi connectivity index (χ3v) is 12.8. The van der Waals surface area contributed by atoms with Crippen LogP contribution in [0.25, 0.3) is 11.1 Å². The van der Waals surface area contributed by atoms with Gasteiger partial charge in [-0.2, -0.15) is 0 Å². The Balaban J connectivity index is 0.756. The summed E-state index contributed by atoms with van der Waals surface area (Å²) in [4.78, 5) is 124. The van der Waals surface area contributed by atoms with Crippen molar-refractivity contribution in [3.8, 4) is 22.6 Å². The van der Waals surface area contributed by atoms with E-state index >= 15 is 0 Å². The summed E-state index contributed by atoms with van der Waals surface area (Å²) in [6.07, 6.45) is 7.71. The summed E-state index contributed by atoms with van der Waals surface area (Å²) in [5, 5.41) is 13.5. The minimum Gasteiger partial charge on any atom is -0.493 e. The van der Waals surface area contributed by atoms with Crippen molar-refractivity contribution < 1.29 is 66.8 Å². The first kappa shape index (κ1) is 58.7. The standard InChI is InChI=1S/C55H65N11O14/c1-33-24-39-29-57-41-27-44(43(76-6)26-40(41)54(74)66(39)30-33)79-19-7-8-47(68)61-45-32-64(5)51(62-45)53(73)60-38-11-9-36(10-12-38)37-25-42(63(4)31-37)52(72)58-28-34(2)80-55(75)35(3)59-48(69)16-20-77-22-23-78-21-17-56-46(67)15-18-65-49(70)13-14-50(65)71/h9-14,25-27,29,31-32,34-35,39H,1,7-8,15-24,28,30H2,2-6H3,(H,56,67)(H,58,72)(H,59,69)(H,60,73)(H,61,68)/t34?,35?,39-/m0/s1. The van der Waals surface area contributed by atoms with Gasteiger partial charge in [0.1, 0.15) is 17.8 Å². The number of rotatable bonds is 28. The number of aromatic nitrogens is 3. The Labute approximate surface area is 461 Å². The molecule has 7 rings (SSSR count). The van der Waals surface area contributed by atoms with Crippen LogP contribution < -0.4 is 36.1 Å². The first-order chi connectivity index (χ1) is 38.4. The molecule has 8 amide bonds. The van der Waals surface area contributed by atoms with Crippen molar-refractivity contribution in [1.82, 2.24) is 39.9 Å².